The van der Waals surface area contributed by atoms with Crippen molar-refractivity contribution in [3.05, 3.63) is 0 Å². The molecule has 1 fully saturated rings. The fourth-order valence-corrected chi connectivity index (χ4v) is 3.03. The van der Waals surface area contributed by atoms with Crippen LogP contribution in [0.5, 0.6) is 0 Å². The molecule has 1 saturated carbocycles. The monoisotopic (exact) mass is 247 g/mol. The Balaban J connectivity index is 2.02. The van der Waals surface area contributed by atoms with Crippen LogP contribution in [-0.4, -0.2) is 33.5 Å². The lowest BCUT2D eigenvalue weighted by atomic mass is 9.81. The van der Waals surface area contributed by atoms with Gasteiger partial charge in [-0.1, -0.05) is 26.2 Å². The maximum absolute atomic E-state index is 10.9. The minimum Gasteiger partial charge on any atom is -0.316 e. The number of hydrogen-bond donors (Lipinski definition) is 1. The second kappa shape index (κ2) is 6.60. The van der Waals surface area contributed by atoms with E-state index in [1.54, 1.807) is 0 Å². The molecule has 0 aromatic carbocycles. The highest BCUT2D eigenvalue weighted by Crippen LogP contribution is 2.30. The molecule has 2 unspecified atom stereocenters. The molecule has 0 aromatic heterocycles. The summed E-state index contributed by atoms with van der Waals surface area (Å²) in [6.07, 6.45) is 7.96. The van der Waals surface area contributed by atoms with Crippen LogP contribution in [0.3, 0.4) is 0 Å². The van der Waals surface area contributed by atoms with Crippen LogP contribution in [0.2, 0.25) is 0 Å². The summed E-state index contributed by atoms with van der Waals surface area (Å²) >= 11 is 0. The summed E-state index contributed by atoms with van der Waals surface area (Å²) in [5.74, 6) is 2.00. The smallest absolute Gasteiger partial charge is 0.148 e. The third-order valence-electron chi connectivity index (χ3n) is 3.42. The molecule has 0 spiro atoms. The number of hydrogen-bond acceptors (Lipinski definition) is 3. The largest absolute Gasteiger partial charge is 0.316 e. The van der Waals surface area contributed by atoms with E-state index in [4.69, 9.17) is 0 Å². The molecule has 2 atom stereocenters. The third kappa shape index (κ3) is 6.48. The van der Waals surface area contributed by atoms with E-state index >= 15 is 0 Å². The minimum absolute atomic E-state index is 0.258. The van der Waals surface area contributed by atoms with Crippen LogP contribution in [0.25, 0.3) is 0 Å². The van der Waals surface area contributed by atoms with Crippen LogP contribution >= 0.6 is 0 Å². The van der Waals surface area contributed by atoms with Crippen molar-refractivity contribution >= 4 is 9.84 Å². The first-order valence-corrected chi connectivity index (χ1v) is 8.42. The lowest BCUT2D eigenvalue weighted by Crippen LogP contribution is -2.25. The predicted octanol–water partition coefficient (Wildman–Crippen LogP) is 1.84. The van der Waals surface area contributed by atoms with E-state index in [1.807, 2.05) is 0 Å². The van der Waals surface area contributed by atoms with Gasteiger partial charge in [0.05, 0.1) is 5.75 Å². The van der Waals surface area contributed by atoms with E-state index in [-0.39, 0.29) is 5.75 Å². The van der Waals surface area contributed by atoms with Crippen molar-refractivity contribution in [2.75, 3.05) is 25.1 Å². The quantitative estimate of drug-likeness (QED) is 0.729. The number of rotatable bonds is 6. The van der Waals surface area contributed by atoms with Crippen LogP contribution in [0.15, 0.2) is 0 Å². The first-order valence-electron chi connectivity index (χ1n) is 6.36. The van der Waals surface area contributed by atoms with Gasteiger partial charge in [-0.15, -0.1) is 0 Å². The Kier molecular flexibility index (Phi) is 5.76. The van der Waals surface area contributed by atoms with Crippen molar-refractivity contribution in [2.24, 2.45) is 11.8 Å². The topological polar surface area (TPSA) is 46.2 Å². The molecule has 4 heteroatoms. The molecule has 1 N–H and O–H groups in total. The van der Waals surface area contributed by atoms with Gasteiger partial charge in [-0.25, -0.2) is 8.42 Å². The van der Waals surface area contributed by atoms with Gasteiger partial charge in [0, 0.05) is 12.8 Å². The zero-order valence-electron chi connectivity index (χ0n) is 10.5. The maximum Gasteiger partial charge on any atom is 0.148 e. The van der Waals surface area contributed by atoms with Gasteiger partial charge in [0.2, 0.25) is 0 Å². The Labute approximate surface area is 99.9 Å². The van der Waals surface area contributed by atoms with Gasteiger partial charge in [-0.05, 0) is 31.2 Å². The molecule has 1 aliphatic carbocycles. The standard InChI is InChI=1S/C12H25NO2S/c1-11-4-3-5-12(10-11)6-7-13-8-9-16(2,14)15/h11-13H,3-10H2,1-2H3. The molecular formula is C12H25NO2S. The second-order valence-corrected chi connectivity index (χ2v) is 7.57. The van der Waals surface area contributed by atoms with E-state index < -0.39 is 9.84 Å². The molecule has 1 aliphatic rings. The third-order valence-corrected chi connectivity index (χ3v) is 4.37. The molecule has 0 bridgehead atoms. The highest BCUT2D eigenvalue weighted by molar-refractivity contribution is 7.90. The summed E-state index contributed by atoms with van der Waals surface area (Å²) in [7, 11) is -2.80. The SMILES string of the molecule is CC1CCCC(CCNCCS(C)(=O)=O)C1. The average Bonchev–Trinajstić information content (AvgIpc) is 2.15. The molecule has 0 saturated heterocycles. The van der Waals surface area contributed by atoms with Gasteiger partial charge in [-0.3, -0.25) is 0 Å². The zero-order chi connectivity index (χ0) is 12.0. The van der Waals surface area contributed by atoms with Gasteiger partial charge >= 0.3 is 0 Å². The molecule has 3 nitrogen and oxygen atoms in total. The van der Waals surface area contributed by atoms with Crippen molar-refractivity contribution in [3.63, 3.8) is 0 Å². The molecular weight excluding hydrogens is 222 g/mol. The first kappa shape index (κ1) is 14.0. The van der Waals surface area contributed by atoms with Crippen LogP contribution in [0, 0.1) is 11.8 Å². The summed E-state index contributed by atoms with van der Waals surface area (Å²) < 4.78 is 21.8. The fourth-order valence-electron chi connectivity index (χ4n) is 2.51. The van der Waals surface area contributed by atoms with E-state index in [0.717, 1.165) is 18.4 Å². The summed E-state index contributed by atoms with van der Waals surface area (Å²) in [6, 6.07) is 0. The first-order chi connectivity index (χ1) is 7.47. The van der Waals surface area contributed by atoms with Crippen molar-refractivity contribution in [3.8, 4) is 0 Å². The normalized spacial score (nSPS) is 26.9. The van der Waals surface area contributed by atoms with E-state index in [2.05, 4.69) is 12.2 Å². The molecule has 0 aromatic rings. The Bertz CT molecular complexity index is 287. The highest BCUT2D eigenvalue weighted by atomic mass is 32.2. The Morgan fingerprint density at radius 3 is 2.62 bits per heavy atom. The van der Waals surface area contributed by atoms with E-state index in [9.17, 15) is 8.42 Å². The lowest BCUT2D eigenvalue weighted by molar-refractivity contribution is 0.268. The molecule has 1 rings (SSSR count). The summed E-state index contributed by atoms with van der Waals surface area (Å²) in [6.45, 7) is 3.90. The predicted molar refractivity (Wildman–Crippen MR) is 68.3 cm³/mol. The number of nitrogens with one attached hydrogen (secondary N) is 1. The van der Waals surface area contributed by atoms with Gasteiger partial charge in [0.15, 0.2) is 0 Å². The van der Waals surface area contributed by atoms with Crippen molar-refractivity contribution in [2.45, 2.75) is 39.0 Å². The summed E-state index contributed by atoms with van der Waals surface area (Å²) in [4.78, 5) is 0. The molecule has 96 valence electrons. The maximum atomic E-state index is 10.9. The molecule has 0 radical (unpaired) electrons. The van der Waals surface area contributed by atoms with Crippen molar-refractivity contribution < 1.29 is 8.42 Å². The molecule has 0 heterocycles. The molecule has 0 amide bonds. The van der Waals surface area contributed by atoms with Gasteiger partial charge in [-0.2, -0.15) is 0 Å². The summed E-state index contributed by atoms with van der Waals surface area (Å²) in [5.41, 5.74) is 0. The molecule has 0 aliphatic heterocycles. The van der Waals surface area contributed by atoms with Crippen molar-refractivity contribution in [1.82, 2.24) is 5.32 Å². The number of sulfone groups is 1. The average molecular weight is 247 g/mol. The Morgan fingerprint density at radius 2 is 2.00 bits per heavy atom. The Hall–Kier alpha value is -0.0900. The lowest BCUT2D eigenvalue weighted by Gasteiger charge is -2.26. The van der Waals surface area contributed by atoms with Crippen LogP contribution in [0.1, 0.15) is 39.0 Å². The van der Waals surface area contributed by atoms with Crippen LogP contribution < -0.4 is 5.32 Å². The minimum atomic E-state index is -2.80. The van der Waals surface area contributed by atoms with Gasteiger partial charge in [0.25, 0.3) is 0 Å². The van der Waals surface area contributed by atoms with E-state index in [0.29, 0.717) is 6.54 Å². The van der Waals surface area contributed by atoms with Gasteiger partial charge in [0.1, 0.15) is 9.84 Å². The zero-order valence-corrected chi connectivity index (χ0v) is 11.4. The second-order valence-electron chi connectivity index (χ2n) is 5.31. The summed E-state index contributed by atoms with van der Waals surface area (Å²) in [5, 5.41) is 3.22. The van der Waals surface area contributed by atoms with Gasteiger partial charge < -0.3 is 5.32 Å². The van der Waals surface area contributed by atoms with Crippen molar-refractivity contribution in [1.29, 1.82) is 0 Å². The van der Waals surface area contributed by atoms with Crippen LogP contribution in [-0.2, 0) is 9.84 Å². The highest BCUT2D eigenvalue weighted by Gasteiger charge is 2.18. The fraction of sp³-hybridized carbons (Fsp3) is 1.00. The van der Waals surface area contributed by atoms with E-state index in [1.165, 1.54) is 38.4 Å². The molecule has 16 heavy (non-hydrogen) atoms. The van der Waals surface area contributed by atoms with Crippen LogP contribution in [0.4, 0.5) is 0 Å². The Morgan fingerprint density at radius 1 is 1.25 bits per heavy atom.